The summed E-state index contributed by atoms with van der Waals surface area (Å²) in [4.78, 5) is 8.47. The van der Waals surface area contributed by atoms with Gasteiger partial charge in [0.05, 0.1) is 0 Å². The molecule has 0 bridgehead atoms. The molecule has 0 spiro atoms. The van der Waals surface area contributed by atoms with Crippen LogP contribution in [0.5, 0.6) is 0 Å². The van der Waals surface area contributed by atoms with E-state index in [0.29, 0.717) is 0 Å². The van der Waals surface area contributed by atoms with Crippen molar-refractivity contribution in [2.45, 2.75) is 33.1 Å². The Kier molecular flexibility index (Phi) is 8.44. The third-order valence-electron chi connectivity index (χ3n) is 5.27. The highest BCUT2D eigenvalue weighted by atomic mass is 15.0. The summed E-state index contributed by atoms with van der Waals surface area (Å²) >= 11 is 0. The lowest BCUT2D eigenvalue weighted by Crippen LogP contribution is -2.23. The van der Waals surface area contributed by atoms with Crippen LogP contribution >= 0.6 is 0 Å². The van der Waals surface area contributed by atoms with Gasteiger partial charge in [-0.1, -0.05) is 49.0 Å². The van der Waals surface area contributed by atoms with Crippen molar-refractivity contribution < 1.29 is 0 Å². The lowest BCUT2D eigenvalue weighted by atomic mass is 10.1. The minimum absolute atomic E-state index is 0.731. The first-order chi connectivity index (χ1) is 15.1. The van der Waals surface area contributed by atoms with Crippen LogP contribution in [0, 0.1) is 6.92 Å². The van der Waals surface area contributed by atoms with E-state index in [4.69, 9.17) is 10.7 Å². The van der Waals surface area contributed by atoms with E-state index >= 15 is 0 Å². The van der Waals surface area contributed by atoms with E-state index < -0.39 is 0 Å². The number of aromatic nitrogens is 1. The zero-order valence-electron chi connectivity index (χ0n) is 18.8. The number of nitrogens with zero attached hydrogens (tertiary/aromatic N) is 1. The van der Waals surface area contributed by atoms with Crippen molar-refractivity contribution in [3.8, 4) is 0 Å². The molecule has 5 N–H and O–H groups in total. The van der Waals surface area contributed by atoms with E-state index in [-0.39, 0.29) is 0 Å². The Balaban J connectivity index is 1.75. The Morgan fingerprint density at radius 2 is 1.84 bits per heavy atom. The fourth-order valence-corrected chi connectivity index (χ4v) is 3.70. The third-order valence-corrected chi connectivity index (χ3v) is 5.27. The quantitative estimate of drug-likeness (QED) is 0.255. The lowest BCUT2D eigenvalue weighted by Gasteiger charge is -2.11. The molecular formula is C26H35N5. The van der Waals surface area contributed by atoms with Crippen molar-refractivity contribution in [3.63, 3.8) is 0 Å². The SMILES string of the molecule is C=C(NCCCNCCCN)c1c(/N=C(\C)Cc2ccccc2)[nH]c2cc(C)ccc12. The van der Waals surface area contributed by atoms with Gasteiger partial charge in [-0.05, 0) is 63.5 Å². The van der Waals surface area contributed by atoms with Crippen LogP contribution in [-0.2, 0) is 6.42 Å². The fourth-order valence-electron chi connectivity index (χ4n) is 3.70. The van der Waals surface area contributed by atoms with Gasteiger partial charge in [-0.3, -0.25) is 0 Å². The molecule has 0 saturated carbocycles. The molecule has 3 rings (SSSR count). The molecule has 0 amide bonds. The number of hydrogen-bond donors (Lipinski definition) is 4. The third kappa shape index (κ3) is 6.54. The van der Waals surface area contributed by atoms with Crippen molar-refractivity contribution in [2.75, 3.05) is 26.2 Å². The minimum Gasteiger partial charge on any atom is -0.385 e. The predicted octanol–water partition coefficient (Wildman–Crippen LogP) is 4.70. The van der Waals surface area contributed by atoms with E-state index in [9.17, 15) is 0 Å². The normalized spacial score (nSPS) is 11.8. The van der Waals surface area contributed by atoms with Gasteiger partial charge >= 0.3 is 0 Å². The van der Waals surface area contributed by atoms with Gasteiger partial charge in [0.2, 0.25) is 0 Å². The molecule has 3 aromatic rings. The van der Waals surface area contributed by atoms with Crippen molar-refractivity contribution in [3.05, 3.63) is 71.8 Å². The molecule has 0 aliphatic carbocycles. The summed E-state index contributed by atoms with van der Waals surface area (Å²) in [6, 6.07) is 16.9. The van der Waals surface area contributed by atoms with Crippen LogP contribution in [0.25, 0.3) is 16.6 Å². The predicted molar refractivity (Wildman–Crippen MR) is 134 cm³/mol. The van der Waals surface area contributed by atoms with E-state index in [2.05, 4.69) is 78.5 Å². The summed E-state index contributed by atoms with van der Waals surface area (Å²) in [5.41, 5.74) is 12.1. The maximum absolute atomic E-state index is 5.53. The van der Waals surface area contributed by atoms with E-state index in [1.807, 2.05) is 6.07 Å². The highest BCUT2D eigenvalue weighted by Gasteiger charge is 2.14. The molecule has 0 radical (unpaired) electrons. The van der Waals surface area contributed by atoms with Gasteiger partial charge in [-0.2, -0.15) is 0 Å². The first-order valence-corrected chi connectivity index (χ1v) is 11.1. The van der Waals surface area contributed by atoms with E-state index in [1.54, 1.807) is 0 Å². The molecule has 0 aliphatic rings. The molecule has 2 aromatic carbocycles. The topological polar surface area (TPSA) is 78.2 Å². The van der Waals surface area contributed by atoms with Gasteiger partial charge < -0.3 is 21.4 Å². The van der Waals surface area contributed by atoms with Crippen molar-refractivity contribution in [1.82, 2.24) is 15.6 Å². The number of aryl methyl sites for hydroxylation is 1. The smallest absolute Gasteiger partial charge is 0.140 e. The van der Waals surface area contributed by atoms with Gasteiger partial charge in [0, 0.05) is 40.8 Å². The summed E-state index contributed by atoms with van der Waals surface area (Å²) in [6.07, 6.45) is 2.86. The second-order valence-electron chi connectivity index (χ2n) is 8.06. The van der Waals surface area contributed by atoms with Gasteiger partial charge in [0.1, 0.15) is 5.82 Å². The summed E-state index contributed by atoms with van der Waals surface area (Å²) in [7, 11) is 0. The second kappa shape index (κ2) is 11.5. The van der Waals surface area contributed by atoms with Gasteiger partial charge in [0.15, 0.2) is 0 Å². The standard InChI is InChI=1S/C26H35N5/c1-19-11-12-23-24(17-19)31-26(30-20(2)18-22-9-5-4-6-10-22)25(23)21(3)29-16-8-15-28-14-7-13-27/h4-6,9-12,17,28-29,31H,3,7-8,13-16,18,27H2,1-2H3/b30-20+. The van der Waals surface area contributed by atoms with Gasteiger partial charge in [-0.25, -0.2) is 4.99 Å². The summed E-state index contributed by atoms with van der Waals surface area (Å²) < 4.78 is 0. The maximum atomic E-state index is 5.53. The van der Waals surface area contributed by atoms with Crippen LogP contribution in [-0.4, -0.2) is 36.9 Å². The molecule has 0 unspecified atom stereocenters. The number of nitrogens with two attached hydrogens (primary N) is 1. The lowest BCUT2D eigenvalue weighted by molar-refractivity contribution is 0.619. The number of rotatable bonds is 12. The molecule has 5 nitrogen and oxygen atoms in total. The Morgan fingerprint density at radius 1 is 1.06 bits per heavy atom. The second-order valence-corrected chi connectivity index (χ2v) is 8.06. The number of nitrogens with one attached hydrogen (secondary N) is 3. The molecule has 31 heavy (non-hydrogen) atoms. The van der Waals surface area contributed by atoms with Gasteiger partial charge in [-0.15, -0.1) is 0 Å². The fraction of sp³-hybridized carbons (Fsp3) is 0.346. The number of aromatic amines is 1. The van der Waals surface area contributed by atoms with Crippen molar-refractivity contribution >= 4 is 28.1 Å². The van der Waals surface area contributed by atoms with Crippen molar-refractivity contribution in [2.24, 2.45) is 10.7 Å². The van der Waals surface area contributed by atoms with Crippen LogP contribution in [0.1, 0.15) is 36.5 Å². The van der Waals surface area contributed by atoms with Crippen molar-refractivity contribution in [1.29, 1.82) is 0 Å². The molecular weight excluding hydrogens is 382 g/mol. The molecule has 5 heteroatoms. The number of aliphatic imine (C=N–C) groups is 1. The number of H-pyrrole nitrogens is 1. The summed E-state index contributed by atoms with van der Waals surface area (Å²) in [5, 5.41) is 8.06. The Morgan fingerprint density at radius 3 is 2.61 bits per heavy atom. The van der Waals surface area contributed by atoms with Gasteiger partial charge in [0.25, 0.3) is 0 Å². The van der Waals surface area contributed by atoms with Crippen LogP contribution in [0.15, 0.2) is 60.1 Å². The zero-order valence-corrected chi connectivity index (χ0v) is 18.8. The number of fused-ring (bicyclic) bond motifs is 1. The molecule has 1 aromatic heterocycles. The Labute approximate surface area is 185 Å². The molecule has 1 heterocycles. The summed E-state index contributed by atoms with van der Waals surface area (Å²) in [6.45, 7) is 12.0. The Hall–Kier alpha value is -2.89. The molecule has 0 atom stereocenters. The molecule has 164 valence electrons. The largest absolute Gasteiger partial charge is 0.385 e. The monoisotopic (exact) mass is 417 g/mol. The highest BCUT2D eigenvalue weighted by Crippen LogP contribution is 2.33. The van der Waals surface area contributed by atoms with Crippen LogP contribution in [0.4, 0.5) is 5.82 Å². The Bertz CT molecular complexity index is 1020. The summed E-state index contributed by atoms with van der Waals surface area (Å²) in [5.74, 6) is 0.868. The molecule has 0 fully saturated rings. The van der Waals surface area contributed by atoms with E-state index in [0.717, 1.165) is 79.1 Å². The number of hydrogen-bond acceptors (Lipinski definition) is 4. The molecule has 0 aliphatic heterocycles. The average molecular weight is 418 g/mol. The number of benzene rings is 2. The first-order valence-electron chi connectivity index (χ1n) is 11.1. The average Bonchev–Trinajstić information content (AvgIpc) is 3.10. The van der Waals surface area contributed by atoms with Crippen LogP contribution in [0.3, 0.4) is 0 Å². The van der Waals surface area contributed by atoms with Crippen LogP contribution < -0.4 is 16.4 Å². The zero-order chi connectivity index (χ0) is 22.1. The van der Waals surface area contributed by atoms with E-state index in [1.165, 1.54) is 11.1 Å². The maximum Gasteiger partial charge on any atom is 0.140 e. The first kappa shape index (κ1) is 22.8. The molecule has 0 saturated heterocycles. The van der Waals surface area contributed by atoms with Crippen LogP contribution in [0.2, 0.25) is 0 Å². The highest BCUT2D eigenvalue weighted by molar-refractivity contribution is 5.99. The minimum atomic E-state index is 0.731.